The van der Waals surface area contributed by atoms with E-state index in [9.17, 15) is 19.5 Å². The lowest BCUT2D eigenvalue weighted by molar-refractivity contribution is -0.161. The van der Waals surface area contributed by atoms with E-state index in [0.717, 1.165) is 25.7 Å². The zero-order valence-corrected chi connectivity index (χ0v) is 15.9. The smallest absolute Gasteiger partial charge is 0.335 e. The molecular weight excluding hydrogens is 350 g/mol. The van der Waals surface area contributed by atoms with Crippen LogP contribution in [0.2, 0.25) is 0 Å². The van der Waals surface area contributed by atoms with Crippen molar-refractivity contribution >= 4 is 17.8 Å². The normalized spacial score (nSPS) is 12.4. The third-order valence-corrected chi connectivity index (χ3v) is 4.25. The monoisotopic (exact) mass is 379 g/mol. The summed E-state index contributed by atoms with van der Waals surface area (Å²) in [5.41, 5.74) is -0.737. The number of rotatable bonds is 13. The number of unbranched alkanes of at least 4 members (excludes halogenated alkanes) is 4. The van der Waals surface area contributed by atoms with Gasteiger partial charge in [-0.15, -0.1) is 0 Å². The first-order valence-electron chi connectivity index (χ1n) is 9.20. The van der Waals surface area contributed by atoms with Crippen molar-refractivity contribution in [2.24, 2.45) is 0 Å². The number of hydrogen-bond acceptors (Lipinski definition) is 4. The molecule has 7 heteroatoms. The number of carboxylic acid groups (broad SMARTS) is 2. The fraction of sp³-hybridized carbons (Fsp3) is 0.550. The quantitative estimate of drug-likeness (QED) is 0.454. The second-order valence-electron chi connectivity index (χ2n) is 6.95. The van der Waals surface area contributed by atoms with Crippen LogP contribution in [0.4, 0.5) is 0 Å². The summed E-state index contributed by atoms with van der Waals surface area (Å²) in [6.45, 7) is 3.42. The van der Waals surface area contributed by atoms with Crippen molar-refractivity contribution in [3.8, 4) is 0 Å². The van der Waals surface area contributed by atoms with Crippen LogP contribution < -0.4 is 5.32 Å². The van der Waals surface area contributed by atoms with Crippen LogP contribution in [0.3, 0.4) is 0 Å². The Bertz CT molecular complexity index is 614. The molecule has 150 valence electrons. The third-order valence-electron chi connectivity index (χ3n) is 4.25. The Balaban J connectivity index is 2.21. The van der Waals surface area contributed by atoms with Gasteiger partial charge in [-0.2, -0.15) is 0 Å². The summed E-state index contributed by atoms with van der Waals surface area (Å²) in [5.74, 6) is -2.41. The molecule has 1 aromatic rings. The van der Waals surface area contributed by atoms with E-state index in [0.29, 0.717) is 25.0 Å². The average Bonchev–Trinajstić information content (AvgIpc) is 2.63. The first-order valence-corrected chi connectivity index (χ1v) is 9.20. The van der Waals surface area contributed by atoms with Crippen LogP contribution in [0.5, 0.6) is 0 Å². The van der Waals surface area contributed by atoms with Crippen molar-refractivity contribution in [2.75, 3.05) is 6.61 Å². The fourth-order valence-corrected chi connectivity index (χ4v) is 2.46. The van der Waals surface area contributed by atoms with E-state index >= 15 is 0 Å². The summed E-state index contributed by atoms with van der Waals surface area (Å²) >= 11 is 0. The highest BCUT2D eigenvalue weighted by atomic mass is 16.5. The van der Waals surface area contributed by atoms with Crippen molar-refractivity contribution in [3.63, 3.8) is 0 Å². The molecule has 0 saturated heterocycles. The van der Waals surface area contributed by atoms with Gasteiger partial charge in [-0.25, -0.2) is 9.59 Å². The molecule has 1 atom stereocenters. The highest BCUT2D eigenvalue weighted by Crippen LogP contribution is 2.12. The number of carboxylic acids is 2. The molecule has 0 saturated carbocycles. The lowest BCUT2D eigenvalue weighted by atomic mass is 10.1. The van der Waals surface area contributed by atoms with Crippen molar-refractivity contribution in [1.29, 1.82) is 0 Å². The Kier molecular flexibility index (Phi) is 9.50. The number of ether oxygens (including phenoxy) is 1. The lowest BCUT2D eigenvalue weighted by Crippen LogP contribution is -2.40. The van der Waals surface area contributed by atoms with E-state index in [-0.39, 0.29) is 5.91 Å². The number of carbonyl (C=O) groups excluding carboxylic acids is 1. The molecule has 0 spiro atoms. The van der Waals surface area contributed by atoms with Gasteiger partial charge in [0.15, 0.2) is 5.60 Å². The molecule has 0 aliphatic rings. The molecule has 1 rings (SSSR count). The highest BCUT2D eigenvalue weighted by Gasteiger charge is 2.27. The second-order valence-corrected chi connectivity index (χ2v) is 6.95. The molecule has 0 aliphatic heterocycles. The maximum absolute atomic E-state index is 12.1. The Labute approximate surface area is 159 Å². The molecule has 0 aromatic heterocycles. The minimum atomic E-state index is -1.17. The molecular formula is C20H29NO6. The molecule has 0 heterocycles. The van der Waals surface area contributed by atoms with Crippen LogP contribution in [0.25, 0.3) is 0 Å². The molecule has 1 amide bonds. The number of nitrogens with one attached hydrogen (secondary N) is 1. The molecule has 1 aromatic carbocycles. The zero-order valence-electron chi connectivity index (χ0n) is 15.9. The Morgan fingerprint density at radius 3 is 2.19 bits per heavy atom. The number of amides is 1. The summed E-state index contributed by atoms with van der Waals surface area (Å²) in [6, 6.07) is 7.62. The van der Waals surface area contributed by atoms with Gasteiger partial charge < -0.3 is 20.3 Å². The summed E-state index contributed by atoms with van der Waals surface area (Å²) in [6.07, 6.45) is 4.43. The van der Waals surface area contributed by atoms with Gasteiger partial charge in [0.2, 0.25) is 0 Å². The van der Waals surface area contributed by atoms with Crippen LogP contribution in [-0.2, 0) is 14.3 Å². The van der Waals surface area contributed by atoms with Crippen molar-refractivity contribution in [1.82, 2.24) is 5.32 Å². The van der Waals surface area contributed by atoms with E-state index in [1.807, 2.05) is 0 Å². The van der Waals surface area contributed by atoms with Gasteiger partial charge in [-0.1, -0.05) is 43.9 Å². The predicted molar refractivity (Wildman–Crippen MR) is 101 cm³/mol. The van der Waals surface area contributed by atoms with Crippen LogP contribution in [0, 0.1) is 0 Å². The summed E-state index contributed by atoms with van der Waals surface area (Å²) in [7, 11) is 0. The Morgan fingerprint density at radius 2 is 1.59 bits per heavy atom. The van der Waals surface area contributed by atoms with E-state index in [1.165, 1.54) is 13.8 Å². The molecule has 0 fully saturated rings. The van der Waals surface area contributed by atoms with Gasteiger partial charge in [0.05, 0.1) is 0 Å². The van der Waals surface area contributed by atoms with Crippen LogP contribution in [-0.4, -0.2) is 46.3 Å². The van der Waals surface area contributed by atoms with E-state index in [4.69, 9.17) is 9.84 Å². The molecule has 0 aliphatic carbocycles. The summed E-state index contributed by atoms with van der Waals surface area (Å²) in [5, 5.41) is 20.8. The first kappa shape index (κ1) is 22.6. The molecule has 1 unspecified atom stereocenters. The molecule has 27 heavy (non-hydrogen) atoms. The fourth-order valence-electron chi connectivity index (χ4n) is 2.46. The maximum atomic E-state index is 12.1. The van der Waals surface area contributed by atoms with Gasteiger partial charge in [-0.3, -0.25) is 4.79 Å². The van der Waals surface area contributed by atoms with Gasteiger partial charge >= 0.3 is 11.9 Å². The van der Waals surface area contributed by atoms with Gasteiger partial charge in [0, 0.05) is 12.2 Å². The number of hydrogen-bond donors (Lipinski definition) is 3. The number of aliphatic carboxylic acids is 2. The van der Waals surface area contributed by atoms with Gasteiger partial charge in [-0.05, 0) is 38.8 Å². The maximum Gasteiger partial charge on any atom is 0.335 e. The minimum Gasteiger partial charge on any atom is -0.480 e. The molecule has 7 nitrogen and oxygen atoms in total. The van der Waals surface area contributed by atoms with Crippen LogP contribution >= 0.6 is 0 Å². The predicted octanol–water partition coefficient (Wildman–Crippen LogP) is 3.09. The SMILES string of the molecule is CC(C)(OCCCCCCCC(NC(=O)c1ccccc1)C(=O)O)C(=O)O. The van der Waals surface area contributed by atoms with E-state index < -0.39 is 23.6 Å². The van der Waals surface area contributed by atoms with Crippen LogP contribution in [0.15, 0.2) is 30.3 Å². The minimum absolute atomic E-state index is 0.371. The number of benzene rings is 1. The standard InChI is InChI=1S/C20H29NO6/c1-20(2,19(25)26)27-14-10-5-3-4-9-13-16(18(23)24)21-17(22)15-11-7-6-8-12-15/h6-8,11-12,16H,3-5,9-10,13-14H2,1-2H3,(H,21,22)(H,23,24)(H,25,26). The van der Waals surface area contributed by atoms with Gasteiger partial charge in [0.25, 0.3) is 5.91 Å². The Morgan fingerprint density at radius 1 is 1.00 bits per heavy atom. The van der Waals surface area contributed by atoms with Crippen LogP contribution in [0.1, 0.15) is 62.7 Å². The van der Waals surface area contributed by atoms with Crippen molar-refractivity contribution in [2.45, 2.75) is 64.0 Å². The first-order chi connectivity index (χ1) is 12.7. The highest BCUT2D eigenvalue weighted by molar-refractivity contribution is 5.96. The Hall–Kier alpha value is -2.41. The molecule has 0 radical (unpaired) electrons. The topological polar surface area (TPSA) is 113 Å². The third kappa shape index (κ3) is 8.68. The zero-order chi connectivity index (χ0) is 20.3. The molecule has 0 bridgehead atoms. The van der Waals surface area contributed by atoms with Crippen molar-refractivity contribution < 1.29 is 29.3 Å². The average molecular weight is 379 g/mol. The second kappa shape index (κ2) is 11.3. The van der Waals surface area contributed by atoms with E-state index in [1.54, 1.807) is 30.3 Å². The van der Waals surface area contributed by atoms with Gasteiger partial charge in [0.1, 0.15) is 6.04 Å². The van der Waals surface area contributed by atoms with E-state index in [2.05, 4.69) is 5.32 Å². The summed E-state index contributed by atoms with van der Waals surface area (Å²) < 4.78 is 5.33. The molecule has 3 N–H and O–H groups in total. The summed E-state index contributed by atoms with van der Waals surface area (Å²) in [4.78, 5) is 34.3. The van der Waals surface area contributed by atoms with Crippen molar-refractivity contribution in [3.05, 3.63) is 35.9 Å². The number of carbonyl (C=O) groups is 3. The lowest BCUT2D eigenvalue weighted by Gasteiger charge is -2.19. The largest absolute Gasteiger partial charge is 0.480 e.